The molecule has 0 bridgehead atoms. The van der Waals surface area contributed by atoms with Crippen molar-refractivity contribution in [2.75, 3.05) is 13.1 Å². The smallest absolute Gasteiger partial charge is 0.287 e. The van der Waals surface area contributed by atoms with E-state index >= 15 is 0 Å². The number of thiazole rings is 1. The van der Waals surface area contributed by atoms with Gasteiger partial charge in [0.15, 0.2) is 5.76 Å². The molecule has 0 spiro atoms. The highest BCUT2D eigenvalue weighted by atomic mass is 32.1. The summed E-state index contributed by atoms with van der Waals surface area (Å²) >= 11 is 1.74. The molecule has 1 saturated heterocycles. The molecule has 1 fully saturated rings. The Hall–Kier alpha value is -1.66. The third-order valence-corrected chi connectivity index (χ3v) is 6.65. The highest BCUT2D eigenvalue weighted by molar-refractivity contribution is 7.11. The van der Waals surface area contributed by atoms with E-state index < -0.39 is 0 Å². The normalized spacial score (nSPS) is 19.1. The lowest BCUT2D eigenvalue weighted by Gasteiger charge is -2.31. The fourth-order valence-electron chi connectivity index (χ4n) is 3.91. The number of hydrogen-bond donors (Lipinski definition) is 1. The Bertz CT molecular complexity index is 737. The molecular formula is C20H27N3O2S. The number of piperidine rings is 1. The van der Waals surface area contributed by atoms with E-state index in [1.54, 1.807) is 17.4 Å². The second kappa shape index (κ2) is 7.92. The molecule has 1 atom stereocenters. The fraction of sp³-hybridized carbons (Fsp3) is 0.600. The summed E-state index contributed by atoms with van der Waals surface area (Å²) < 4.78 is 5.86. The van der Waals surface area contributed by atoms with Gasteiger partial charge in [-0.2, -0.15) is 0 Å². The van der Waals surface area contributed by atoms with Gasteiger partial charge in [-0.05, 0) is 70.7 Å². The van der Waals surface area contributed by atoms with E-state index in [-0.39, 0.29) is 11.9 Å². The van der Waals surface area contributed by atoms with Crippen molar-refractivity contribution in [2.45, 2.75) is 64.5 Å². The van der Waals surface area contributed by atoms with Gasteiger partial charge in [0.25, 0.3) is 5.91 Å². The first-order chi connectivity index (χ1) is 12.7. The molecule has 5 nitrogen and oxygen atoms in total. The zero-order valence-corrected chi connectivity index (χ0v) is 16.2. The largest absolute Gasteiger partial charge is 0.454 e. The van der Waals surface area contributed by atoms with Crippen molar-refractivity contribution in [3.8, 4) is 0 Å². The molecule has 0 radical (unpaired) electrons. The number of aryl methyl sites for hydroxylation is 2. The van der Waals surface area contributed by atoms with Crippen LogP contribution >= 0.6 is 11.3 Å². The molecule has 26 heavy (non-hydrogen) atoms. The molecule has 1 N–H and O–H groups in total. The maximum absolute atomic E-state index is 12.4. The fourth-order valence-corrected chi connectivity index (χ4v) is 5.01. The number of amides is 1. The van der Waals surface area contributed by atoms with E-state index in [0.29, 0.717) is 12.3 Å². The minimum atomic E-state index is -0.157. The molecule has 2 aromatic rings. The quantitative estimate of drug-likeness (QED) is 0.857. The van der Waals surface area contributed by atoms with Gasteiger partial charge < -0.3 is 9.73 Å². The summed E-state index contributed by atoms with van der Waals surface area (Å²) in [5, 5.41) is 3.96. The highest BCUT2D eigenvalue weighted by Gasteiger charge is 2.22. The predicted octanol–water partition coefficient (Wildman–Crippen LogP) is 4.09. The van der Waals surface area contributed by atoms with Gasteiger partial charge in [0, 0.05) is 4.88 Å². The number of hydrogen-bond acceptors (Lipinski definition) is 5. The van der Waals surface area contributed by atoms with Crippen LogP contribution in [0.25, 0.3) is 0 Å². The molecule has 2 aliphatic rings. The van der Waals surface area contributed by atoms with Gasteiger partial charge in [0.2, 0.25) is 0 Å². The maximum Gasteiger partial charge on any atom is 0.287 e. The number of nitrogens with zero attached hydrogens (tertiary/aromatic N) is 2. The number of carbonyl (C=O) groups excluding carboxylic acids is 1. The van der Waals surface area contributed by atoms with E-state index in [4.69, 9.17) is 4.42 Å². The molecule has 0 unspecified atom stereocenters. The Morgan fingerprint density at radius 3 is 2.85 bits per heavy atom. The van der Waals surface area contributed by atoms with Crippen LogP contribution in [0, 0.1) is 0 Å². The van der Waals surface area contributed by atoms with E-state index in [2.05, 4.69) is 22.1 Å². The Balaban J connectivity index is 1.35. The third-order valence-electron chi connectivity index (χ3n) is 5.49. The number of fused-ring (bicyclic) bond motifs is 1. The molecule has 1 amide bonds. The van der Waals surface area contributed by atoms with Crippen LogP contribution in [0.1, 0.15) is 77.0 Å². The Morgan fingerprint density at radius 1 is 1.23 bits per heavy atom. The molecular weight excluding hydrogens is 346 g/mol. The van der Waals surface area contributed by atoms with E-state index in [1.807, 2.05) is 6.07 Å². The third kappa shape index (κ3) is 3.86. The van der Waals surface area contributed by atoms with Crippen molar-refractivity contribution in [2.24, 2.45) is 0 Å². The number of furan rings is 1. The van der Waals surface area contributed by atoms with Crippen molar-refractivity contribution in [3.05, 3.63) is 39.2 Å². The Labute approximate surface area is 158 Å². The highest BCUT2D eigenvalue weighted by Crippen LogP contribution is 2.27. The van der Waals surface area contributed by atoms with E-state index in [0.717, 1.165) is 36.7 Å². The maximum atomic E-state index is 12.4. The van der Waals surface area contributed by atoms with Gasteiger partial charge in [-0.3, -0.25) is 9.69 Å². The van der Waals surface area contributed by atoms with Crippen molar-refractivity contribution >= 4 is 17.2 Å². The first-order valence-electron chi connectivity index (χ1n) is 9.80. The monoisotopic (exact) mass is 373 g/mol. The summed E-state index contributed by atoms with van der Waals surface area (Å²) in [5.74, 6) is 1.11. The van der Waals surface area contributed by atoms with Crippen molar-refractivity contribution < 1.29 is 9.21 Å². The number of nitrogens with one attached hydrogen (secondary N) is 1. The molecule has 0 saturated carbocycles. The van der Waals surface area contributed by atoms with Crippen LogP contribution in [0.15, 0.2) is 16.5 Å². The lowest BCUT2D eigenvalue weighted by Crippen LogP contribution is -2.32. The Kier molecular flexibility index (Phi) is 5.41. The van der Waals surface area contributed by atoms with Crippen LogP contribution in [0.2, 0.25) is 0 Å². The standard InChI is InChI=1S/C20H27N3O2S/c1-14(23-11-5-2-6-12-23)16-9-10-17(25-16)20(24)21-13-19-22-15-7-3-4-8-18(15)26-19/h9-10,14H,2-8,11-13H2,1H3,(H,21,24)/t14-/m0/s1. The molecule has 1 aliphatic carbocycles. The second-order valence-electron chi connectivity index (χ2n) is 7.34. The number of aromatic nitrogens is 1. The van der Waals surface area contributed by atoms with Crippen LogP contribution in [0.4, 0.5) is 0 Å². The van der Waals surface area contributed by atoms with Crippen molar-refractivity contribution in [1.29, 1.82) is 0 Å². The van der Waals surface area contributed by atoms with Gasteiger partial charge in [-0.15, -0.1) is 11.3 Å². The summed E-state index contributed by atoms with van der Waals surface area (Å²) in [5.41, 5.74) is 1.24. The van der Waals surface area contributed by atoms with E-state index in [1.165, 1.54) is 42.7 Å². The minimum absolute atomic E-state index is 0.157. The molecule has 1 aliphatic heterocycles. The first kappa shape index (κ1) is 17.7. The lowest BCUT2D eigenvalue weighted by molar-refractivity contribution is 0.0914. The predicted molar refractivity (Wildman–Crippen MR) is 102 cm³/mol. The molecule has 2 aromatic heterocycles. The van der Waals surface area contributed by atoms with Crippen LogP contribution in [0.5, 0.6) is 0 Å². The zero-order valence-electron chi connectivity index (χ0n) is 15.4. The summed E-state index contributed by atoms with van der Waals surface area (Å²) in [6.45, 7) is 4.86. The van der Waals surface area contributed by atoms with Gasteiger partial charge in [-0.1, -0.05) is 6.42 Å². The molecule has 140 valence electrons. The summed E-state index contributed by atoms with van der Waals surface area (Å²) in [6, 6.07) is 3.96. The van der Waals surface area contributed by atoms with Crippen LogP contribution in [-0.4, -0.2) is 28.9 Å². The first-order valence-corrected chi connectivity index (χ1v) is 10.6. The summed E-state index contributed by atoms with van der Waals surface area (Å²) in [6.07, 6.45) is 8.51. The lowest BCUT2D eigenvalue weighted by atomic mass is 10.0. The van der Waals surface area contributed by atoms with Crippen molar-refractivity contribution in [3.63, 3.8) is 0 Å². The van der Waals surface area contributed by atoms with Gasteiger partial charge in [0.05, 0.1) is 18.3 Å². The summed E-state index contributed by atoms with van der Waals surface area (Å²) in [7, 11) is 0. The average Bonchev–Trinajstić information content (AvgIpc) is 3.33. The van der Waals surface area contributed by atoms with Crippen LogP contribution in [-0.2, 0) is 19.4 Å². The number of rotatable bonds is 5. The van der Waals surface area contributed by atoms with E-state index in [9.17, 15) is 4.79 Å². The molecule has 6 heteroatoms. The second-order valence-corrected chi connectivity index (χ2v) is 8.51. The van der Waals surface area contributed by atoms with Crippen LogP contribution in [0.3, 0.4) is 0 Å². The number of likely N-dealkylation sites (tertiary alicyclic amines) is 1. The molecule has 3 heterocycles. The summed E-state index contributed by atoms with van der Waals surface area (Å²) in [4.78, 5) is 20.9. The van der Waals surface area contributed by atoms with Crippen LogP contribution < -0.4 is 5.32 Å². The van der Waals surface area contributed by atoms with Crippen molar-refractivity contribution in [1.82, 2.24) is 15.2 Å². The SMILES string of the molecule is C[C@@H](c1ccc(C(=O)NCc2nc3c(s2)CCCC3)o1)N1CCCCC1. The minimum Gasteiger partial charge on any atom is -0.454 e. The zero-order chi connectivity index (χ0) is 17.9. The topological polar surface area (TPSA) is 58.4 Å². The Morgan fingerprint density at radius 2 is 2.04 bits per heavy atom. The van der Waals surface area contributed by atoms with Gasteiger partial charge in [0.1, 0.15) is 10.8 Å². The molecule has 4 rings (SSSR count). The average molecular weight is 374 g/mol. The molecule has 0 aromatic carbocycles. The van der Waals surface area contributed by atoms with Gasteiger partial charge in [-0.25, -0.2) is 4.98 Å². The van der Waals surface area contributed by atoms with Gasteiger partial charge >= 0.3 is 0 Å². The number of carbonyl (C=O) groups is 1.